The van der Waals surface area contributed by atoms with Gasteiger partial charge in [-0.3, -0.25) is 0 Å². The average molecular weight is 433 g/mol. The van der Waals surface area contributed by atoms with E-state index in [4.69, 9.17) is 0 Å². The van der Waals surface area contributed by atoms with Crippen molar-refractivity contribution in [2.24, 2.45) is 11.8 Å². The van der Waals surface area contributed by atoms with Crippen LogP contribution in [0.25, 0.3) is 11.1 Å². The zero-order valence-corrected chi connectivity index (χ0v) is 20.6. The minimum atomic E-state index is -0.229. The minimum absolute atomic E-state index is 0.229. The lowest BCUT2D eigenvalue weighted by molar-refractivity contribution is 0.453. The molecule has 3 unspecified atom stereocenters. The molecule has 4 rings (SSSR count). The van der Waals surface area contributed by atoms with Crippen LogP contribution in [0.1, 0.15) is 51.7 Å². The minimum Gasteiger partial charge on any atom is -0.0874 e. The van der Waals surface area contributed by atoms with Gasteiger partial charge in [0.1, 0.15) is 0 Å². The van der Waals surface area contributed by atoms with Crippen LogP contribution in [0.4, 0.5) is 0 Å². The highest BCUT2D eigenvalue weighted by Crippen LogP contribution is 2.60. The zero-order chi connectivity index (χ0) is 23.4. The van der Waals surface area contributed by atoms with Crippen LogP contribution in [0.3, 0.4) is 0 Å². The van der Waals surface area contributed by atoms with Gasteiger partial charge < -0.3 is 0 Å². The topological polar surface area (TPSA) is 0 Å². The molecule has 0 heteroatoms. The molecule has 0 saturated heterocycles. The second-order valence-electron chi connectivity index (χ2n) is 9.39. The summed E-state index contributed by atoms with van der Waals surface area (Å²) >= 11 is 0. The Kier molecular flexibility index (Phi) is 6.84. The molecule has 0 fully saturated rings. The summed E-state index contributed by atoms with van der Waals surface area (Å²) in [7, 11) is 0. The molecule has 0 radical (unpaired) electrons. The Morgan fingerprint density at radius 2 is 1.52 bits per heavy atom. The van der Waals surface area contributed by atoms with Crippen LogP contribution >= 0.6 is 0 Å². The first-order valence-electron chi connectivity index (χ1n) is 12.3. The van der Waals surface area contributed by atoms with Crippen molar-refractivity contribution >= 4 is 0 Å². The van der Waals surface area contributed by atoms with Crippen LogP contribution in [0.15, 0.2) is 120 Å². The standard InChI is InChI=1S/C33H36/c1-6-14-27(7-2)33(28(8-3)21-19-24(4)5)31-18-13-12-17-29(31)30-22-20-26(23-32(30)33)25-15-10-9-11-16-25/h6-24,29,31H,1-5H3/b14-6-,21-19-,27-7+,28-8+. The Bertz CT molecular complexity index is 1160. The highest BCUT2D eigenvalue weighted by Gasteiger charge is 2.53. The monoisotopic (exact) mass is 432 g/mol. The molecule has 0 aliphatic heterocycles. The molecule has 0 saturated carbocycles. The molecule has 0 nitrogen and oxygen atoms in total. The SMILES string of the molecule is C/C=C\C(=C/C)C1(C(/C=C\C(C)C)=C/C)c2cc(-c3ccccc3)ccc2C2C=CC=CC21. The van der Waals surface area contributed by atoms with Crippen molar-refractivity contribution in [3.63, 3.8) is 0 Å². The Balaban J connectivity index is 2.07. The van der Waals surface area contributed by atoms with E-state index in [0.29, 0.717) is 17.8 Å². The smallest absolute Gasteiger partial charge is 0.0519 e. The van der Waals surface area contributed by atoms with Gasteiger partial charge in [-0.25, -0.2) is 0 Å². The summed E-state index contributed by atoms with van der Waals surface area (Å²) in [4.78, 5) is 0. The van der Waals surface area contributed by atoms with Gasteiger partial charge in [0.2, 0.25) is 0 Å². The maximum Gasteiger partial charge on any atom is 0.0519 e. The number of rotatable bonds is 6. The summed E-state index contributed by atoms with van der Waals surface area (Å²) in [5.41, 5.74) is 7.94. The summed E-state index contributed by atoms with van der Waals surface area (Å²) in [6.07, 6.45) is 23.2. The van der Waals surface area contributed by atoms with Crippen LogP contribution in [-0.2, 0) is 5.41 Å². The van der Waals surface area contributed by atoms with Crippen molar-refractivity contribution in [3.05, 3.63) is 132 Å². The number of allylic oxidation sites excluding steroid dienone is 12. The van der Waals surface area contributed by atoms with Crippen LogP contribution in [-0.4, -0.2) is 0 Å². The van der Waals surface area contributed by atoms with Gasteiger partial charge in [0.15, 0.2) is 0 Å². The molecule has 3 atom stereocenters. The molecule has 0 spiro atoms. The van der Waals surface area contributed by atoms with Gasteiger partial charge in [-0.05, 0) is 66.2 Å². The quantitative estimate of drug-likeness (QED) is 0.399. The highest BCUT2D eigenvalue weighted by molar-refractivity contribution is 5.72. The highest BCUT2D eigenvalue weighted by atomic mass is 14.5. The predicted molar refractivity (Wildman–Crippen MR) is 144 cm³/mol. The lowest BCUT2D eigenvalue weighted by Crippen LogP contribution is -2.36. The first-order chi connectivity index (χ1) is 16.1. The van der Waals surface area contributed by atoms with Gasteiger partial charge >= 0.3 is 0 Å². The van der Waals surface area contributed by atoms with Gasteiger partial charge in [0.25, 0.3) is 0 Å². The molecule has 2 aromatic carbocycles. The number of fused-ring (bicyclic) bond motifs is 3. The normalized spacial score (nSPS) is 24.8. The third-order valence-corrected chi connectivity index (χ3v) is 7.12. The van der Waals surface area contributed by atoms with Gasteiger partial charge in [0.05, 0.1) is 5.41 Å². The van der Waals surface area contributed by atoms with Gasteiger partial charge in [0, 0.05) is 11.8 Å². The van der Waals surface area contributed by atoms with Crippen LogP contribution in [0, 0.1) is 11.8 Å². The molecule has 2 aliphatic carbocycles. The molecule has 0 amide bonds. The summed E-state index contributed by atoms with van der Waals surface area (Å²) < 4.78 is 0. The van der Waals surface area contributed by atoms with Gasteiger partial charge in [-0.1, -0.05) is 117 Å². The van der Waals surface area contributed by atoms with E-state index < -0.39 is 0 Å². The second-order valence-corrected chi connectivity index (χ2v) is 9.39. The van der Waals surface area contributed by atoms with Crippen molar-refractivity contribution in [1.82, 2.24) is 0 Å². The van der Waals surface area contributed by atoms with Crippen molar-refractivity contribution in [3.8, 4) is 11.1 Å². The third kappa shape index (κ3) is 3.93. The molecule has 2 aliphatic rings. The van der Waals surface area contributed by atoms with E-state index >= 15 is 0 Å². The molecule has 0 aromatic heterocycles. The van der Waals surface area contributed by atoms with E-state index in [1.54, 1.807) is 0 Å². The molecule has 2 aromatic rings. The maximum absolute atomic E-state index is 2.46. The average Bonchev–Trinajstić information content (AvgIpc) is 3.14. The summed E-state index contributed by atoms with van der Waals surface area (Å²) in [6.45, 7) is 11.0. The largest absolute Gasteiger partial charge is 0.0874 e. The molecular formula is C33H36. The van der Waals surface area contributed by atoms with Gasteiger partial charge in [-0.15, -0.1) is 0 Å². The molecule has 0 heterocycles. The number of hydrogen-bond donors (Lipinski definition) is 0. The van der Waals surface area contributed by atoms with Crippen LogP contribution in [0.2, 0.25) is 0 Å². The van der Waals surface area contributed by atoms with Crippen molar-refractivity contribution in [2.45, 2.75) is 46.0 Å². The first kappa shape index (κ1) is 23.1. The summed E-state index contributed by atoms with van der Waals surface area (Å²) in [5.74, 6) is 1.22. The van der Waals surface area contributed by atoms with E-state index in [2.05, 4.69) is 144 Å². The lowest BCUT2D eigenvalue weighted by Gasteiger charge is -2.40. The fourth-order valence-electron chi connectivity index (χ4n) is 5.75. The molecule has 0 bridgehead atoms. The van der Waals surface area contributed by atoms with Crippen molar-refractivity contribution in [1.29, 1.82) is 0 Å². The molecule has 168 valence electrons. The maximum atomic E-state index is 2.46. The first-order valence-corrected chi connectivity index (χ1v) is 12.3. The zero-order valence-electron chi connectivity index (χ0n) is 20.6. The van der Waals surface area contributed by atoms with Crippen molar-refractivity contribution in [2.75, 3.05) is 0 Å². The number of hydrogen-bond acceptors (Lipinski definition) is 0. The Labute approximate surface area is 200 Å². The molecule has 33 heavy (non-hydrogen) atoms. The fraction of sp³-hybridized carbons (Fsp3) is 0.273. The Morgan fingerprint density at radius 3 is 2.18 bits per heavy atom. The van der Waals surface area contributed by atoms with E-state index in [0.717, 1.165) is 0 Å². The second kappa shape index (κ2) is 9.79. The molecule has 0 N–H and O–H groups in total. The third-order valence-electron chi connectivity index (χ3n) is 7.12. The summed E-state index contributed by atoms with van der Waals surface area (Å²) in [5, 5.41) is 0. The fourth-order valence-corrected chi connectivity index (χ4v) is 5.75. The Morgan fingerprint density at radius 1 is 0.818 bits per heavy atom. The van der Waals surface area contributed by atoms with Gasteiger partial charge in [-0.2, -0.15) is 0 Å². The molecular weight excluding hydrogens is 396 g/mol. The predicted octanol–water partition coefficient (Wildman–Crippen LogP) is 9.11. The number of benzene rings is 2. The summed E-state index contributed by atoms with van der Waals surface area (Å²) in [6, 6.07) is 17.9. The van der Waals surface area contributed by atoms with E-state index in [-0.39, 0.29) is 5.41 Å². The van der Waals surface area contributed by atoms with Crippen LogP contribution < -0.4 is 0 Å². The van der Waals surface area contributed by atoms with E-state index in [1.165, 1.54) is 33.4 Å². The Hall–Kier alpha value is -3.12. The van der Waals surface area contributed by atoms with E-state index in [9.17, 15) is 0 Å². The van der Waals surface area contributed by atoms with E-state index in [1.807, 2.05) is 0 Å². The van der Waals surface area contributed by atoms with Crippen LogP contribution in [0.5, 0.6) is 0 Å². The van der Waals surface area contributed by atoms with Crippen molar-refractivity contribution < 1.29 is 0 Å². The lowest BCUT2D eigenvalue weighted by atomic mass is 9.61.